The number of rotatable bonds is 12. The van der Waals surface area contributed by atoms with E-state index in [0.29, 0.717) is 37.6 Å². The quantitative estimate of drug-likeness (QED) is 0.209. The van der Waals surface area contributed by atoms with Crippen molar-refractivity contribution in [1.29, 1.82) is 0 Å². The van der Waals surface area contributed by atoms with Gasteiger partial charge in [0.2, 0.25) is 0 Å². The van der Waals surface area contributed by atoms with Crippen LogP contribution >= 0.6 is 0 Å². The van der Waals surface area contributed by atoms with Crippen LogP contribution in [0.5, 0.6) is 0 Å². The van der Waals surface area contributed by atoms with Gasteiger partial charge in [0.25, 0.3) is 0 Å². The van der Waals surface area contributed by atoms with E-state index >= 15 is 0 Å². The van der Waals surface area contributed by atoms with Crippen molar-refractivity contribution in [2.24, 2.45) is 35.5 Å². The molecule has 15 heteroatoms. The largest absolute Gasteiger partial charge is 0.462 e. The van der Waals surface area contributed by atoms with Crippen molar-refractivity contribution in [2.75, 3.05) is 54.5 Å². The van der Waals surface area contributed by atoms with Gasteiger partial charge >= 0.3 is 5.97 Å². The van der Waals surface area contributed by atoms with Crippen LogP contribution in [0.4, 0.5) is 0 Å². The number of cyclic esters (lactones) is 1. The number of likely N-dealkylation sites (tertiary alicyclic amines) is 1. The number of hydrogen-bond donors (Lipinski definition) is 4. The highest BCUT2D eigenvalue weighted by Crippen LogP contribution is 2.36. The molecule has 0 amide bonds. The number of carbonyl (C=O) groups excluding carboxylic acids is 2. The fourth-order valence-electron chi connectivity index (χ4n) is 9.86. The van der Waals surface area contributed by atoms with Gasteiger partial charge in [0.05, 0.1) is 49.6 Å². The van der Waals surface area contributed by atoms with E-state index in [2.05, 4.69) is 18.7 Å². The molecule has 0 aromatic rings. The summed E-state index contributed by atoms with van der Waals surface area (Å²) in [4.78, 5) is 31.3. The van der Waals surface area contributed by atoms with Crippen LogP contribution in [0.2, 0.25) is 0 Å². The third-order valence-corrected chi connectivity index (χ3v) is 13.3. The van der Waals surface area contributed by atoms with Gasteiger partial charge in [-0.1, -0.05) is 52.3 Å². The molecule has 4 aliphatic heterocycles. The summed E-state index contributed by atoms with van der Waals surface area (Å²) in [6.07, 6.45) is -5.22. The third-order valence-electron chi connectivity index (χ3n) is 13.3. The van der Waals surface area contributed by atoms with Gasteiger partial charge in [-0.05, 0) is 90.9 Å². The Morgan fingerprint density at radius 3 is 2.13 bits per heavy atom. The molecule has 0 unspecified atom stereocenters. The van der Waals surface area contributed by atoms with Crippen LogP contribution in [0.25, 0.3) is 0 Å². The van der Waals surface area contributed by atoms with Gasteiger partial charge in [-0.25, -0.2) is 0 Å². The Bertz CT molecular complexity index is 1530. The third kappa shape index (κ3) is 13.8. The maximum absolute atomic E-state index is 14.0. The van der Waals surface area contributed by atoms with E-state index in [9.17, 15) is 30.0 Å². The molecular weight excluding hydrogens is 789 g/mol. The molecule has 3 fully saturated rings. The molecule has 0 aromatic carbocycles. The zero-order valence-corrected chi connectivity index (χ0v) is 38.4. The molecule has 4 aliphatic rings. The number of methoxy groups -OCH3 is 2. The Hall–Kier alpha value is -1.86. The molecule has 0 saturated carbocycles. The highest BCUT2D eigenvalue weighted by atomic mass is 16.7. The van der Waals surface area contributed by atoms with E-state index in [4.69, 9.17) is 37.3 Å². The minimum absolute atomic E-state index is 0.00497. The number of esters is 1. The SMILES string of the molecule is [2H]C([2H])([2H])N(C)[C@@H]1[C@@H](O)[C@H](O[C@H]2[C@@H](CCN3C[C@H](C)C[C@H](C)C3)C[C@@H](C)C(=O)/C=C/C(C)=C/[C@H](CO[C@@H]3O[C@H](C)[C@@H](O)[C@@H](OC)[C@H]3OC)[C@@H](CC)OC(=O)C[C@@H](O)[C@@H]2C)O[C@H](C)[C@H]1O. The van der Waals surface area contributed by atoms with E-state index in [1.807, 2.05) is 26.8 Å². The zero-order valence-electron chi connectivity index (χ0n) is 41.4. The van der Waals surface area contributed by atoms with Crippen molar-refractivity contribution < 1.29 is 67.3 Å². The van der Waals surface area contributed by atoms with Gasteiger partial charge in [0, 0.05) is 49.2 Å². The molecule has 0 aliphatic carbocycles. The average Bonchev–Trinajstić information content (AvgIpc) is 3.22. The molecule has 61 heavy (non-hydrogen) atoms. The van der Waals surface area contributed by atoms with Crippen molar-refractivity contribution in [2.45, 2.75) is 167 Å². The maximum Gasteiger partial charge on any atom is 0.308 e. The lowest BCUT2D eigenvalue weighted by atomic mass is 9.79. The number of aliphatic hydroxyl groups is 4. The summed E-state index contributed by atoms with van der Waals surface area (Å²) in [6, 6.07) is -1.29. The fraction of sp³-hybridized carbons (Fsp3) is 0.870. The molecule has 15 nitrogen and oxygen atoms in total. The molecule has 0 radical (unpaired) electrons. The number of nitrogens with zero attached hydrogens (tertiary/aromatic N) is 2. The average molecular weight is 872 g/mol. The van der Waals surface area contributed by atoms with Crippen molar-refractivity contribution in [1.82, 2.24) is 9.80 Å². The van der Waals surface area contributed by atoms with Crippen LogP contribution in [-0.4, -0.2) is 176 Å². The Kier molecular flexibility index (Phi) is 18.5. The van der Waals surface area contributed by atoms with Gasteiger partial charge in [-0.15, -0.1) is 0 Å². The first-order valence-electron chi connectivity index (χ1n) is 23.9. The predicted octanol–water partition coefficient (Wildman–Crippen LogP) is 3.34. The van der Waals surface area contributed by atoms with Crippen LogP contribution in [0.1, 0.15) is 91.6 Å². The van der Waals surface area contributed by atoms with E-state index < -0.39 is 123 Å². The van der Waals surface area contributed by atoms with Gasteiger partial charge in [0.1, 0.15) is 30.5 Å². The van der Waals surface area contributed by atoms with E-state index in [-0.39, 0.29) is 12.4 Å². The minimum atomic E-state index is -2.66. The topological polar surface area (TPSA) is 186 Å². The number of allylic oxidation sites excluding steroid dienone is 3. The first kappa shape index (κ1) is 47.1. The van der Waals surface area contributed by atoms with Gasteiger partial charge < -0.3 is 63.4 Å². The van der Waals surface area contributed by atoms with Crippen molar-refractivity contribution in [3.05, 3.63) is 23.8 Å². The van der Waals surface area contributed by atoms with Crippen LogP contribution in [0.3, 0.4) is 0 Å². The number of aliphatic hydroxyl groups excluding tert-OH is 4. The molecule has 4 heterocycles. The molecule has 0 spiro atoms. The van der Waals surface area contributed by atoms with E-state index in [1.54, 1.807) is 26.8 Å². The lowest BCUT2D eigenvalue weighted by Crippen LogP contribution is -2.63. The number of ketones is 1. The standard InChI is InChI=1S/C46H80N2O13/c1-13-36-33(24-57-46-44(56-12)43(55-11)40(53)31(8)59-46)19-25(2)14-15-34(49)28(5)20-32(16-17-48-22-26(3)18-27(4)23-48)42(29(6)35(50)21-37(51)60-36)61-45-41(54)38(47(9)10)39(52)30(7)58-45/h14-15,19,26-33,35-36,38-46,50,52-54H,13,16-18,20-24H2,1-12H3/b15-14+,25-19+/t26-,27+,28-,29+,30-,31-,32+,33-,35-,36-,38+,39-,40-,41-,42-,43-,44-,45+,46-/m1/s1/i9D3. The second-order valence-electron chi connectivity index (χ2n) is 18.6. The summed E-state index contributed by atoms with van der Waals surface area (Å²) < 4.78 is 66.5. The lowest BCUT2D eigenvalue weighted by molar-refractivity contribution is -0.304. The second kappa shape index (κ2) is 23.9. The fourth-order valence-corrected chi connectivity index (χ4v) is 9.86. The normalized spacial score (nSPS) is 45.3. The zero-order chi connectivity index (χ0) is 47.8. The summed E-state index contributed by atoms with van der Waals surface area (Å²) in [5.74, 6) is -2.07. The van der Waals surface area contributed by atoms with Crippen molar-refractivity contribution in [3.8, 4) is 0 Å². The highest BCUT2D eigenvalue weighted by Gasteiger charge is 2.48. The lowest BCUT2D eigenvalue weighted by Gasteiger charge is -2.47. The molecule has 0 aromatic heterocycles. The molecular formula is C46H80N2O13. The van der Waals surface area contributed by atoms with E-state index in [0.717, 1.165) is 30.0 Å². The number of ether oxygens (including phenoxy) is 7. The van der Waals surface area contributed by atoms with Crippen molar-refractivity contribution in [3.63, 3.8) is 0 Å². The molecule has 19 atom stereocenters. The van der Waals surface area contributed by atoms with Gasteiger partial charge in [-0.3, -0.25) is 9.59 Å². The first-order chi connectivity index (χ1) is 30.0. The van der Waals surface area contributed by atoms with Crippen LogP contribution in [0, 0.1) is 35.5 Å². The number of piperidine rings is 1. The van der Waals surface area contributed by atoms with Crippen LogP contribution in [-0.2, 0) is 42.7 Å². The monoisotopic (exact) mass is 872 g/mol. The molecule has 0 bridgehead atoms. The van der Waals surface area contributed by atoms with Crippen LogP contribution in [0.15, 0.2) is 23.8 Å². The first-order valence-corrected chi connectivity index (χ1v) is 22.4. The summed E-state index contributed by atoms with van der Waals surface area (Å²) >= 11 is 0. The van der Waals surface area contributed by atoms with Gasteiger partial charge in [-0.2, -0.15) is 0 Å². The number of likely N-dealkylation sites (N-methyl/N-ethyl adjacent to an activating group) is 1. The second-order valence-corrected chi connectivity index (χ2v) is 18.6. The highest BCUT2D eigenvalue weighted by molar-refractivity contribution is 5.91. The summed E-state index contributed by atoms with van der Waals surface area (Å²) in [6.45, 7) is 14.9. The predicted molar refractivity (Wildman–Crippen MR) is 229 cm³/mol. The molecule has 4 rings (SSSR count). The van der Waals surface area contributed by atoms with Crippen LogP contribution < -0.4 is 0 Å². The van der Waals surface area contributed by atoms with E-state index in [1.165, 1.54) is 27.3 Å². The summed E-state index contributed by atoms with van der Waals surface area (Å²) in [7, 11) is 4.24. The Morgan fingerprint density at radius 1 is 0.869 bits per heavy atom. The molecule has 4 N–H and O–H groups in total. The smallest absolute Gasteiger partial charge is 0.308 e. The minimum Gasteiger partial charge on any atom is -0.462 e. The van der Waals surface area contributed by atoms with Crippen molar-refractivity contribution >= 4 is 11.8 Å². The Balaban J connectivity index is 1.71. The summed E-state index contributed by atoms with van der Waals surface area (Å²) in [5, 5.41) is 45.5. The van der Waals surface area contributed by atoms with Gasteiger partial charge in [0.15, 0.2) is 18.4 Å². The molecule has 352 valence electrons. The number of carbonyl (C=O) groups is 2. The Morgan fingerprint density at radius 2 is 1.51 bits per heavy atom. The summed E-state index contributed by atoms with van der Waals surface area (Å²) in [5.41, 5.74) is 0.721. The molecule has 3 saturated heterocycles. The number of hydrogen-bond acceptors (Lipinski definition) is 15. The maximum atomic E-state index is 14.0. The Labute approximate surface area is 369 Å².